The van der Waals surface area contributed by atoms with Gasteiger partial charge < -0.3 is 10.6 Å². The lowest BCUT2D eigenvalue weighted by Gasteiger charge is -2.07. The Balaban J connectivity index is 2.50. The van der Waals surface area contributed by atoms with Gasteiger partial charge in [0.1, 0.15) is 0 Å². The number of anilines is 1. The van der Waals surface area contributed by atoms with Crippen LogP contribution in [-0.4, -0.2) is 6.03 Å². The molecule has 0 aliphatic heterocycles. The molecule has 0 fully saturated rings. The first-order valence-corrected chi connectivity index (χ1v) is 6.56. The first kappa shape index (κ1) is 14.0. The molecule has 1 aromatic carbocycles. The molecule has 1 rings (SSSR count). The first-order valence-electron chi connectivity index (χ1n) is 5.49. The summed E-state index contributed by atoms with van der Waals surface area (Å²) in [6.45, 7) is 6.17. The van der Waals surface area contributed by atoms with Crippen molar-refractivity contribution in [3.63, 3.8) is 0 Å². The molecule has 2 N–H and O–H groups in total. The highest BCUT2D eigenvalue weighted by Gasteiger charge is 2.00. The Kier molecular flexibility index (Phi) is 5.47. The number of benzene rings is 1. The Morgan fingerprint density at radius 2 is 1.88 bits per heavy atom. The molecule has 0 saturated heterocycles. The van der Waals surface area contributed by atoms with Gasteiger partial charge in [-0.2, -0.15) is 0 Å². The van der Waals surface area contributed by atoms with Gasteiger partial charge in [-0.25, -0.2) is 4.79 Å². The Morgan fingerprint density at radius 3 is 2.41 bits per heavy atom. The van der Waals surface area contributed by atoms with Crippen molar-refractivity contribution in [1.82, 2.24) is 5.32 Å². The number of halogens is 1. The van der Waals surface area contributed by atoms with Gasteiger partial charge in [-0.1, -0.05) is 19.4 Å². The number of allylic oxidation sites excluding steroid dienone is 1. The summed E-state index contributed by atoms with van der Waals surface area (Å²) in [5, 5.41) is 5.48. The summed E-state index contributed by atoms with van der Waals surface area (Å²) in [7, 11) is 0. The van der Waals surface area contributed by atoms with Crippen LogP contribution in [0.3, 0.4) is 0 Å². The quantitative estimate of drug-likeness (QED) is 0.801. The highest BCUT2D eigenvalue weighted by molar-refractivity contribution is 14.1. The summed E-state index contributed by atoms with van der Waals surface area (Å²) in [6, 6.07) is 7.43. The zero-order valence-electron chi connectivity index (χ0n) is 10.3. The fraction of sp³-hybridized carbons (Fsp3) is 0.308. The van der Waals surface area contributed by atoms with E-state index in [1.54, 1.807) is 6.20 Å². The molecule has 0 saturated carbocycles. The lowest BCUT2D eigenvalue weighted by atomic mass is 10.1. The fourth-order valence-electron chi connectivity index (χ4n) is 1.05. The van der Waals surface area contributed by atoms with Gasteiger partial charge in [-0.3, -0.25) is 0 Å². The Labute approximate surface area is 116 Å². The predicted molar refractivity (Wildman–Crippen MR) is 79.9 cm³/mol. The van der Waals surface area contributed by atoms with E-state index in [4.69, 9.17) is 0 Å². The Bertz CT molecular complexity index is 410. The smallest absolute Gasteiger partial charge is 0.314 e. The van der Waals surface area contributed by atoms with Crippen LogP contribution >= 0.6 is 22.6 Å². The Hall–Kier alpha value is -1.04. The second kappa shape index (κ2) is 6.64. The molecule has 0 bridgehead atoms. The van der Waals surface area contributed by atoms with Gasteiger partial charge in [0, 0.05) is 15.5 Å². The van der Waals surface area contributed by atoms with Crippen molar-refractivity contribution in [3.05, 3.63) is 39.6 Å². The molecular formula is C13H17IN2O. The number of hydrogen-bond acceptors (Lipinski definition) is 1. The minimum atomic E-state index is -0.216. The van der Waals surface area contributed by atoms with Gasteiger partial charge in [-0.05, 0) is 59.7 Å². The summed E-state index contributed by atoms with van der Waals surface area (Å²) >= 11 is 2.22. The van der Waals surface area contributed by atoms with E-state index in [0.29, 0.717) is 5.92 Å². The topological polar surface area (TPSA) is 41.1 Å². The number of hydrogen-bond donors (Lipinski definition) is 2. The van der Waals surface area contributed by atoms with E-state index < -0.39 is 0 Å². The number of rotatable bonds is 3. The van der Waals surface area contributed by atoms with Crippen LogP contribution in [0, 0.1) is 9.49 Å². The number of carbonyl (C=O) groups excluding carboxylic acids is 1. The van der Waals surface area contributed by atoms with Crippen LogP contribution in [0.2, 0.25) is 0 Å². The van der Waals surface area contributed by atoms with Crippen molar-refractivity contribution in [2.75, 3.05) is 5.32 Å². The van der Waals surface area contributed by atoms with Crippen LogP contribution in [0.4, 0.5) is 10.5 Å². The van der Waals surface area contributed by atoms with Gasteiger partial charge in [-0.15, -0.1) is 0 Å². The monoisotopic (exact) mass is 344 g/mol. The second-order valence-corrected chi connectivity index (χ2v) is 5.39. The summed E-state index contributed by atoms with van der Waals surface area (Å²) in [5.74, 6) is 0.439. The third-order valence-corrected chi connectivity index (χ3v) is 3.16. The Morgan fingerprint density at radius 1 is 1.29 bits per heavy atom. The molecule has 92 valence electrons. The molecule has 0 heterocycles. The molecule has 4 heteroatoms. The van der Waals surface area contributed by atoms with Gasteiger partial charge in [0.05, 0.1) is 0 Å². The van der Waals surface area contributed by atoms with E-state index in [9.17, 15) is 4.79 Å². The van der Waals surface area contributed by atoms with Crippen molar-refractivity contribution in [3.8, 4) is 0 Å². The van der Waals surface area contributed by atoms with E-state index in [-0.39, 0.29) is 6.03 Å². The largest absolute Gasteiger partial charge is 0.323 e. The van der Waals surface area contributed by atoms with Gasteiger partial charge in [0.2, 0.25) is 0 Å². The third-order valence-electron chi connectivity index (χ3n) is 2.44. The average molecular weight is 344 g/mol. The molecular weight excluding hydrogens is 327 g/mol. The standard InChI is InChI=1S/C13H17IN2O/c1-9(2)10(3)8-15-13(17)16-12-6-4-11(14)5-7-12/h4-9H,1-3H3,(H2,15,16,17)/b10-8+. The predicted octanol–water partition coefficient (Wildman–Crippen LogP) is 3.97. The minimum absolute atomic E-state index is 0.216. The van der Waals surface area contributed by atoms with Crippen LogP contribution in [0.25, 0.3) is 0 Å². The van der Waals surface area contributed by atoms with E-state index in [1.807, 2.05) is 31.2 Å². The molecule has 17 heavy (non-hydrogen) atoms. The molecule has 0 aliphatic rings. The van der Waals surface area contributed by atoms with Gasteiger partial charge in [0.25, 0.3) is 0 Å². The fourth-order valence-corrected chi connectivity index (χ4v) is 1.41. The molecule has 0 aliphatic carbocycles. The second-order valence-electron chi connectivity index (χ2n) is 4.15. The summed E-state index contributed by atoms with van der Waals surface area (Å²) in [4.78, 5) is 11.6. The minimum Gasteiger partial charge on any atom is -0.314 e. The van der Waals surface area contributed by atoms with E-state index in [1.165, 1.54) is 0 Å². The number of urea groups is 1. The van der Waals surface area contributed by atoms with Crippen LogP contribution in [0.5, 0.6) is 0 Å². The normalized spacial score (nSPS) is 11.5. The molecule has 3 nitrogen and oxygen atoms in total. The molecule has 0 unspecified atom stereocenters. The van der Waals surface area contributed by atoms with Crippen LogP contribution < -0.4 is 10.6 Å². The maximum absolute atomic E-state index is 11.6. The molecule has 0 aromatic heterocycles. The van der Waals surface area contributed by atoms with E-state index >= 15 is 0 Å². The highest BCUT2D eigenvalue weighted by atomic mass is 127. The zero-order chi connectivity index (χ0) is 12.8. The zero-order valence-corrected chi connectivity index (χ0v) is 12.4. The molecule has 0 radical (unpaired) electrons. The highest BCUT2D eigenvalue weighted by Crippen LogP contribution is 2.11. The first-order chi connectivity index (χ1) is 7.99. The number of amides is 2. The summed E-state index contributed by atoms with van der Waals surface area (Å²) in [5.41, 5.74) is 1.93. The van der Waals surface area contributed by atoms with Crippen molar-refractivity contribution in [1.29, 1.82) is 0 Å². The number of carbonyl (C=O) groups is 1. The van der Waals surface area contributed by atoms with Gasteiger partial charge >= 0.3 is 6.03 Å². The van der Waals surface area contributed by atoms with Crippen LogP contribution in [0.15, 0.2) is 36.0 Å². The average Bonchev–Trinajstić information content (AvgIpc) is 2.29. The van der Waals surface area contributed by atoms with Crippen molar-refractivity contribution < 1.29 is 4.79 Å². The van der Waals surface area contributed by atoms with E-state index in [2.05, 4.69) is 47.1 Å². The van der Waals surface area contributed by atoms with Gasteiger partial charge in [0.15, 0.2) is 0 Å². The van der Waals surface area contributed by atoms with E-state index in [0.717, 1.165) is 14.8 Å². The van der Waals surface area contributed by atoms with Crippen molar-refractivity contribution in [2.24, 2.45) is 5.92 Å². The lowest BCUT2D eigenvalue weighted by Crippen LogP contribution is -2.24. The molecule has 2 amide bonds. The van der Waals surface area contributed by atoms with Crippen LogP contribution in [0.1, 0.15) is 20.8 Å². The van der Waals surface area contributed by atoms with Crippen LogP contribution in [-0.2, 0) is 0 Å². The summed E-state index contributed by atoms with van der Waals surface area (Å²) < 4.78 is 1.14. The molecule has 0 spiro atoms. The maximum Gasteiger partial charge on any atom is 0.323 e. The van der Waals surface area contributed by atoms with Crippen molar-refractivity contribution >= 4 is 34.3 Å². The third kappa shape index (κ3) is 5.21. The SMILES string of the molecule is C/C(=C\NC(=O)Nc1ccc(I)cc1)C(C)C. The lowest BCUT2D eigenvalue weighted by molar-refractivity contribution is 0.255. The summed E-state index contributed by atoms with van der Waals surface area (Å²) in [6.07, 6.45) is 1.74. The number of nitrogens with one attached hydrogen (secondary N) is 2. The maximum atomic E-state index is 11.6. The molecule has 0 atom stereocenters. The molecule has 1 aromatic rings. The van der Waals surface area contributed by atoms with Crippen molar-refractivity contribution in [2.45, 2.75) is 20.8 Å².